The molecule has 3 aliphatic heterocycles. The first kappa shape index (κ1) is 38.5. The molecule has 0 saturated carbocycles. The summed E-state index contributed by atoms with van der Waals surface area (Å²) in [5, 5.41) is 66.1. The monoisotopic (exact) mass is 788 g/mol. The Morgan fingerprint density at radius 2 is 1.58 bits per heavy atom. The molecule has 6 rings (SSSR count). The zero-order valence-electron chi connectivity index (χ0n) is 28.3. The lowest BCUT2D eigenvalue weighted by Gasteiger charge is -2.36. The van der Waals surface area contributed by atoms with Crippen LogP contribution in [0.3, 0.4) is 0 Å². The molecule has 3 aromatic rings. The van der Waals surface area contributed by atoms with E-state index in [-0.39, 0.29) is 55.3 Å². The number of hydrogen-bond acceptors (Lipinski definition) is 11. The Balaban J connectivity index is 1.15. The fraction of sp³-hybridized carbons (Fsp3) is 0.303. The van der Waals surface area contributed by atoms with Gasteiger partial charge in [-0.15, -0.1) is 0 Å². The summed E-state index contributed by atoms with van der Waals surface area (Å²) < 4.78 is 34.2. The molecule has 3 aliphatic rings. The van der Waals surface area contributed by atoms with E-state index in [0.29, 0.717) is 18.9 Å². The number of carbonyl (C=O) groups excluding carboxylic acids is 4. The third-order valence-electron chi connectivity index (χ3n) is 9.42. The van der Waals surface area contributed by atoms with E-state index in [4.69, 9.17) is 16.3 Å². The maximum absolute atomic E-state index is 14.7. The quantitative estimate of drug-likeness (QED) is 0.124. The van der Waals surface area contributed by atoms with Crippen LogP contribution in [-0.4, -0.2) is 121 Å². The molecule has 55 heavy (non-hydrogen) atoms. The van der Waals surface area contributed by atoms with Crippen LogP contribution in [0.1, 0.15) is 40.4 Å². The van der Waals surface area contributed by atoms with Crippen molar-refractivity contribution in [3.05, 3.63) is 69.7 Å². The molecular weight excluding hydrogens is 757 g/mol. The van der Waals surface area contributed by atoms with Crippen LogP contribution in [0.15, 0.2) is 36.4 Å². The predicted octanol–water partition coefficient (Wildman–Crippen LogP) is 2.46. The lowest BCUT2D eigenvalue weighted by Crippen LogP contribution is -2.56. The minimum Gasteiger partial charge on any atom is -0.534 e. The number of piperidine rings is 1. The third-order valence-corrected chi connectivity index (χ3v) is 9.82. The first-order valence-corrected chi connectivity index (χ1v) is 17.0. The van der Waals surface area contributed by atoms with Gasteiger partial charge in [0.15, 0.2) is 17.3 Å². The summed E-state index contributed by atoms with van der Waals surface area (Å²) >= 11 is 6.18. The van der Waals surface area contributed by atoms with Crippen LogP contribution in [0, 0.1) is 11.6 Å². The molecule has 2 unspecified atom stereocenters. The van der Waals surface area contributed by atoms with Gasteiger partial charge in [0.05, 0.1) is 11.0 Å². The van der Waals surface area contributed by atoms with Crippen molar-refractivity contribution in [1.29, 1.82) is 0 Å². The van der Waals surface area contributed by atoms with E-state index in [1.165, 1.54) is 28.0 Å². The molecule has 0 aliphatic carbocycles. The number of amides is 7. The Labute approximate surface area is 314 Å². The van der Waals surface area contributed by atoms with Gasteiger partial charge in [0, 0.05) is 61.7 Å². The average molecular weight is 789 g/mol. The van der Waals surface area contributed by atoms with Gasteiger partial charge in [0.1, 0.15) is 34.7 Å². The van der Waals surface area contributed by atoms with Crippen LogP contribution in [0.5, 0.6) is 28.7 Å². The summed E-state index contributed by atoms with van der Waals surface area (Å²) in [5.41, 5.74) is -1.15. The van der Waals surface area contributed by atoms with Gasteiger partial charge >= 0.3 is 31.2 Å². The molecule has 9 N–H and O–H groups in total. The summed E-state index contributed by atoms with van der Waals surface area (Å²) in [5.74, 6) is -10.1. The number of halogens is 3. The molecule has 0 radical (unpaired) electrons. The van der Waals surface area contributed by atoms with Crippen molar-refractivity contribution >= 4 is 54.4 Å². The molecule has 3 aromatic carbocycles. The number of hydrogen-bond donors (Lipinski definition) is 9. The fourth-order valence-electron chi connectivity index (χ4n) is 6.68. The van der Waals surface area contributed by atoms with Gasteiger partial charge in [0.25, 0.3) is 0 Å². The number of phenols is 4. The molecule has 2 saturated heterocycles. The van der Waals surface area contributed by atoms with Crippen LogP contribution in [0.25, 0.3) is 0 Å². The highest BCUT2D eigenvalue weighted by atomic mass is 35.5. The topological polar surface area (TPSA) is 262 Å². The lowest BCUT2D eigenvalue weighted by molar-refractivity contribution is -0.123. The number of fused-ring (bicyclic) bond motifs is 1. The molecule has 22 heteroatoms. The van der Waals surface area contributed by atoms with E-state index >= 15 is 0 Å². The number of aromatic carboxylic acids is 1. The normalized spacial score (nSPS) is 17.7. The second-order valence-electron chi connectivity index (χ2n) is 12.9. The molecule has 7 amide bonds. The van der Waals surface area contributed by atoms with Crippen LogP contribution < -0.4 is 20.6 Å². The van der Waals surface area contributed by atoms with Crippen LogP contribution in [0.2, 0.25) is 5.02 Å². The summed E-state index contributed by atoms with van der Waals surface area (Å²) in [7, 11) is -1.94. The van der Waals surface area contributed by atoms with Crippen LogP contribution in [-0.2, 0) is 11.2 Å². The van der Waals surface area contributed by atoms with E-state index in [0.717, 1.165) is 17.0 Å². The highest BCUT2D eigenvalue weighted by Gasteiger charge is 2.43. The van der Waals surface area contributed by atoms with Gasteiger partial charge in [-0.3, -0.25) is 4.79 Å². The van der Waals surface area contributed by atoms with Gasteiger partial charge in [-0.25, -0.2) is 32.9 Å². The molecule has 0 spiro atoms. The molecular formula is C33H32BClF2N6O12. The number of carboxylic acids is 1. The first-order valence-electron chi connectivity index (χ1n) is 16.6. The van der Waals surface area contributed by atoms with E-state index in [9.17, 15) is 63.3 Å². The Kier molecular flexibility index (Phi) is 10.7. The highest BCUT2D eigenvalue weighted by molar-refractivity contribution is 6.47. The number of urea groups is 3. The maximum atomic E-state index is 14.7. The maximum Gasteiger partial charge on any atom is 0.547 e. The number of rotatable bonds is 7. The number of imide groups is 1. The Morgan fingerprint density at radius 3 is 2.24 bits per heavy atom. The second kappa shape index (κ2) is 15.3. The van der Waals surface area contributed by atoms with Crippen molar-refractivity contribution in [3.8, 4) is 28.7 Å². The number of likely N-dealkylation sites (tertiary alicyclic amines) is 1. The molecule has 18 nitrogen and oxygen atoms in total. The molecule has 0 bridgehead atoms. The van der Waals surface area contributed by atoms with Crippen molar-refractivity contribution in [2.75, 3.05) is 31.5 Å². The van der Waals surface area contributed by atoms with Crippen molar-refractivity contribution in [1.82, 2.24) is 25.3 Å². The van der Waals surface area contributed by atoms with Crippen molar-refractivity contribution in [2.45, 2.75) is 37.3 Å². The van der Waals surface area contributed by atoms with Crippen molar-refractivity contribution < 1.29 is 68.0 Å². The number of phenolic OH excluding ortho intramolecular Hbond substituents is 4. The predicted molar refractivity (Wildman–Crippen MR) is 186 cm³/mol. The van der Waals surface area contributed by atoms with E-state index in [1.54, 1.807) is 0 Å². The van der Waals surface area contributed by atoms with Gasteiger partial charge in [-0.1, -0.05) is 17.7 Å². The summed E-state index contributed by atoms with van der Waals surface area (Å²) in [6, 6.07) is 1.43. The van der Waals surface area contributed by atoms with E-state index < -0.39 is 100 Å². The van der Waals surface area contributed by atoms with E-state index in [2.05, 4.69) is 16.0 Å². The van der Waals surface area contributed by atoms with Crippen molar-refractivity contribution in [3.63, 3.8) is 0 Å². The number of nitrogens with zero attached hydrogens (tertiary/aromatic N) is 3. The van der Waals surface area contributed by atoms with E-state index in [1.807, 2.05) is 0 Å². The zero-order valence-corrected chi connectivity index (χ0v) is 29.1. The molecule has 3 heterocycles. The van der Waals surface area contributed by atoms with Gasteiger partial charge in [-0.2, -0.15) is 0 Å². The first-order chi connectivity index (χ1) is 26.0. The Hall–Kier alpha value is -6.22. The third kappa shape index (κ3) is 7.74. The van der Waals surface area contributed by atoms with Gasteiger partial charge < -0.3 is 61.0 Å². The highest BCUT2D eigenvalue weighted by Crippen LogP contribution is 2.41. The molecule has 2 atom stereocenters. The number of nitrogens with one attached hydrogen (secondary N) is 3. The number of carboxylic acid groups (broad SMARTS) is 1. The Bertz CT molecular complexity index is 2070. The fourth-order valence-corrected chi connectivity index (χ4v) is 6.93. The zero-order chi connectivity index (χ0) is 39.9. The number of carbonyl (C=O) groups is 5. The molecule has 290 valence electrons. The largest absolute Gasteiger partial charge is 0.547 e. The standard InChI is InChI=1S/C33H32BClF2N6O12/c35-24-19(13-21(37)26(46)27(24)47)25(29(48)39-22-9-14-1-2-20(36)23(30(49)50)28(14)55-34(22)54)40-32(52)43-8-7-42(33(43)53)16-3-5-41(6-4-16)31(51)38-15-10-17(44)12-18(45)11-15/h1-2,10-13,16,22,25,44-47,54H,3-9H2,(H,38,51)(H,39,48)(H,40,52)(H,49,50). The second-order valence-corrected chi connectivity index (χ2v) is 13.3. The number of benzene rings is 3. The summed E-state index contributed by atoms with van der Waals surface area (Å²) in [6.07, 6.45) is 0.343. The SMILES string of the molecule is O=C(O)c1c(F)ccc2c1OB(O)C(NC(=O)C(NC(=O)N1CCN(C3CCN(C(=O)Nc4cc(O)cc(O)c4)CC3)C1=O)c1cc(F)c(O)c(O)c1Cl)C2. The van der Waals surface area contributed by atoms with Gasteiger partial charge in [0.2, 0.25) is 5.91 Å². The Morgan fingerprint density at radius 1 is 0.909 bits per heavy atom. The summed E-state index contributed by atoms with van der Waals surface area (Å²) in [6.45, 7) is 0.337. The molecule has 0 aromatic heterocycles. The molecule has 2 fully saturated rings. The number of aromatic hydroxyl groups is 4. The van der Waals surface area contributed by atoms with Crippen LogP contribution >= 0.6 is 11.6 Å². The minimum atomic E-state index is -1.98. The lowest BCUT2D eigenvalue weighted by atomic mass is 9.72. The van der Waals surface area contributed by atoms with Crippen LogP contribution in [0.4, 0.5) is 28.9 Å². The average Bonchev–Trinajstić information content (AvgIpc) is 3.52. The van der Waals surface area contributed by atoms with Crippen molar-refractivity contribution in [2.24, 2.45) is 0 Å². The summed E-state index contributed by atoms with van der Waals surface area (Å²) in [4.78, 5) is 69.0. The smallest absolute Gasteiger partial charge is 0.534 e. The minimum absolute atomic E-state index is 0.0713. The van der Waals surface area contributed by atoms with Gasteiger partial charge in [-0.05, 0) is 37.0 Å². The number of anilines is 1.